The average molecular weight is 523 g/mol. The third-order valence-electron chi connectivity index (χ3n) is 4.86. The lowest BCUT2D eigenvalue weighted by Crippen LogP contribution is -2.25. The van der Waals surface area contributed by atoms with E-state index < -0.39 is 56.2 Å². The molecule has 0 saturated carbocycles. The van der Waals surface area contributed by atoms with E-state index in [0.29, 0.717) is 5.56 Å². The van der Waals surface area contributed by atoms with Gasteiger partial charge >= 0.3 is 0 Å². The molecule has 0 radical (unpaired) electrons. The molecule has 0 bridgehead atoms. The van der Waals surface area contributed by atoms with Crippen LogP contribution in [-0.2, 0) is 29.7 Å². The highest BCUT2D eigenvalue weighted by Crippen LogP contribution is 2.33. The summed E-state index contributed by atoms with van der Waals surface area (Å²) < 4.78 is 92.7. The number of nitriles is 1. The second kappa shape index (κ2) is 9.27. The van der Waals surface area contributed by atoms with Crippen LogP contribution in [0.4, 0.5) is 4.39 Å². The summed E-state index contributed by atoms with van der Waals surface area (Å²) in [7, 11) is -12.6. The van der Waals surface area contributed by atoms with E-state index in [4.69, 9.17) is 0 Å². The largest absolute Gasteiger partial charge is 0.218 e. The Hall–Kier alpha value is -3.11. The van der Waals surface area contributed by atoms with Crippen molar-refractivity contribution in [1.29, 1.82) is 5.26 Å². The molecule has 1 N–H and O–H groups in total. The van der Waals surface area contributed by atoms with Gasteiger partial charge in [0.2, 0.25) is 29.7 Å². The Morgan fingerprint density at radius 3 is 2.00 bits per heavy atom. The average Bonchev–Trinajstić information content (AvgIpc) is 2.77. The van der Waals surface area contributed by atoms with Crippen molar-refractivity contribution in [2.45, 2.75) is 32.5 Å². The second-order valence-electron chi connectivity index (χ2n) is 7.39. The summed E-state index contributed by atoms with van der Waals surface area (Å²) in [6.07, 6.45) is 0.991. The van der Waals surface area contributed by atoms with E-state index in [0.717, 1.165) is 36.6 Å². The van der Waals surface area contributed by atoms with Crippen LogP contribution in [0.3, 0.4) is 0 Å². The van der Waals surface area contributed by atoms with Crippen molar-refractivity contribution in [3.63, 3.8) is 0 Å². The van der Waals surface area contributed by atoms with Gasteiger partial charge in [-0.05, 0) is 55.0 Å². The van der Waals surface area contributed by atoms with E-state index >= 15 is 0 Å². The molecule has 0 amide bonds. The summed E-state index contributed by atoms with van der Waals surface area (Å²) in [5, 5.41) is 9.21. The van der Waals surface area contributed by atoms with Gasteiger partial charge in [-0.3, -0.25) is 0 Å². The van der Waals surface area contributed by atoms with Crippen molar-refractivity contribution in [1.82, 2.24) is 4.72 Å². The molecule has 3 aromatic carbocycles. The molecule has 1 atom stereocenters. The number of hydrogen-bond donors (Lipinski definition) is 1. The Balaban J connectivity index is 2.15. The third kappa shape index (κ3) is 5.18. The van der Waals surface area contributed by atoms with Crippen molar-refractivity contribution in [2.24, 2.45) is 0 Å². The number of nitrogens with one attached hydrogen (secondary N) is 1. The lowest BCUT2D eigenvalue weighted by molar-refractivity contribution is 0.562. The molecule has 3 aromatic rings. The fourth-order valence-electron chi connectivity index (χ4n) is 3.24. The Bertz CT molecular complexity index is 1610. The number of nitrogens with zero attached hydrogens (tertiary/aromatic N) is 1. The molecule has 0 saturated heterocycles. The Morgan fingerprint density at radius 2 is 1.44 bits per heavy atom. The van der Waals surface area contributed by atoms with Crippen LogP contribution in [0, 0.1) is 17.1 Å². The summed E-state index contributed by atoms with van der Waals surface area (Å²) >= 11 is 0. The zero-order valence-electron chi connectivity index (χ0n) is 17.9. The SMILES string of the molecule is C[C@H](NS(C)(=O)=O)c1ccc(S(=O)(=O)c2ccc(C#N)cc2S(=O)(=O)c2ccccc2F)cc1. The van der Waals surface area contributed by atoms with Crippen molar-refractivity contribution in [3.8, 4) is 6.07 Å². The molecule has 0 aliphatic heterocycles. The van der Waals surface area contributed by atoms with Crippen molar-refractivity contribution in [2.75, 3.05) is 6.26 Å². The summed E-state index contributed by atoms with van der Waals surface area (Å²) in [4.78, 5) is -2.34. The minimum atomic E-state index is -4.65. The maximum Gasteiger partial charge on any atom is 0.210 e. The van der Waals surface area contributed by atoms with Crippen LogP contribution in [0.2, 0.25) is 0 Å². The highest BCUT2D eigenvalue weighted by molar-refractivity contribution is 7.94. The minimum Gasteiger partial charge on any atom is -0.218 e. The maximum atomic E-state index is 14.3. The molecule has 34 heavy (non-hydrogen) atoms. The summed E-state index contributed by atoms with van der Waals surface area (Å²) in [6, 6.07) is 13.9. The second-order valence-corrected chi connectivity index (χ2v) is 13.0. The quantitative estimate of drug-likeness (QED) is 0.503. The Morgan fingerprint density at radius 1 is 0.824 bits per heavy atom. The number of rotatable bonds is 7. The van der Waals surface area contributed by atoms with Crippen LogP contribution in [0.5, 0.6) is 0 Å². The maximum absolute atomic E-state index is 14.3. The van der Waals surface area contributed by atoms with Crippen LogP contribution in [0.25, 0.3) is 0 Å². The van der Waals surface area contributed by atoms with Crippen LogP contribution in [-0.4, -0.2) is 31.5 Å². The van der Waals surface area contributed by atoms with Crippen molar-refractivity contribution in [3.05, 3.63) is 83.7 Å². The van der Waals surface area contributed by atoms with Gasteiger partial charge in [-0.1, -0.05) is 24.3 Å². The first-order chi connectivity index (χ1) is 15.8. The monoisotopic (exact) mass is 522 g/mol. The van der Waals surface area contributed by atoms with Gasteiger partial charge < -0.3 is 0 Å². The van der Waals surface area contributed by atoms with Gasteiger partial charge in [-0.25, -0.2) is 34.4 Å². The third-order valence-corrected chi connectivity index (χ3v) is 9.42. The van der Waals surface area contributed by atoms with Crippen LogP contribution >= 0.6 is 0 Å². The number of sulfonamides is 1. The zero-order chi connectivity index (χ0) is 25.3. The lowest BCUT2D eigenvalue weighted by Gasteiger charge is -2.15. The minimum absolute atomic E-state index is 0.120. The van der Waals surface area contributed by atoms with Crippen molar-refractivity contribution >= 4 is 29.7 Å². The number of halogens is 1. The molecule has 0 aromatic heterocycles. The van der Waals surface area contributed by atoms with Crippen molar-refractivity contribution < 1.29 is 29.6 Å². The molecular weight excluding hydrogens is 503 g/mol. The van der Waals surface area contributed by atoms with Gasteiger partial charge in [0.15, 0.2) is 0 Å². The highest BCUT2D eigenvalue weighted by Gasteiger charge is 2.31. The molecule has 0 spiro atoms. The number of sulfone groups is 2. The van der Waals surface area contributed by atoms with Crippen LogP contribution in [0.1, 0.15) is 24.1 Å². The first kappa shape index (κ1) is 25.5. The lowest BCUT2D eigenvalue weighted by atomic mass is 10.1. The molecule has 178 valence electrons. The van der Waals surface area contributed by atoms with Gasteiger partial charge in [0.05, 0.1) is 32.6 Å². The molecule has 0 aliphatic carbocycles. The van der Waals surface area contributed by atoms with Gasteiger partial charge in [0, 0.05) is 6.04 Å². The predicted molar refractivity (Wildman–Crippen MR) is 121 cm³/mol. The first-order valence-corrected chi connectivity index (χ1v) is 14.5. The molecule has 8 nitrogen and oxygen atoms in total. The summed E-state index contributed by atoms with van der Waals surface area (Å²) in [6.45, 7) is 1.57. The Kier molecular flexibility index (Phi) is 6.95. The van der Waals surface area contributed by atoms with E-state index in [-0.39, 0.29) is 10.5 Å². The van der Waals surface area contributed by atoms with Crippen LogP contribution in [0.15, 0.2) is 86.3 Å². The summed E-state index contributed by atoms with van der Waals surface area (Å²) in [5.74, 6) is -1.06. The normalized spacial score (nSPS) is 13.2. The Labute approximate surface area is 197 Å². The molecule has 0 unspecified atom stereocenters. The number of benzene rings is 3. The number of hydrogen-bond acceptors (Lipinski definition) is 7. The summed E-state index contributed by atoms with van der Waals surface area (Å²) in [5.41, 5.74) is 0.355. The predicted octanol–water partition coefficient (Wildman–Crippen LogP) is 2.97. The molecule has 3 rings (SSSR count). The fourth-order valence-corrected chi connectivity index (χ4v) is 7.43. The van der Waals surface area contributed by atoms with Gasteiger partial charge in [0.1, 0.15) is 10.7 Å². The fraction of sp³-hybridized carbons (Fsp3) is 0.136. The first-order valence-electron chi connectivity index (χ1n) is 9.63. The van der Waals surface area contributed by atoms with E-state index in [1.807, 2.05) is 0 Å². The standard InChI is InChI=1S/C22H19FN2O6S3/c1-15(25-32(2,26)27)17-8-10-18(11-9-17)33(28,29)21-12-7-16(14-24)13-22(21)34(30,31)20-6-4-3-5-19(20)23/h3-13,15,25H,1-2H3/t15-/m0/s1. The van der Waals surface area contributed by atoms with Gasteiger partial charge in [-0.2, -0.15) is 5.26 Å². The topological polar surface area (TPSA) is 138 Å². The van der Waals surface area contributed by atoms with E-state index in [9.17, 15) is 34.9 Å². The molecule has 0 heterocycles. The zero-order valence-corrected chi connectivity index (χ0v) is 20.4. The molecule has 0 fully saturated rings. The van der Waals surface area contributed by atoms with Gasteiger partial charge in [0.25, 0.3) is 0 Å². The molecular formula is C22H19FN2O6S3. The molecule has 12 heteroatoms. The van der Waals surface area contributed by atoms with E-state index in [2.05, 4.69) is 4.72 Å². The highest BCUT2D eigenvalue weighted by atomic mass is 32.2. The van der Waals surface area contributed by atoms with E-state index in [1.165, 1.54) is 36.4 Å². The molecule has 0 aliphatic rings. The van der Waals surface area contributed by atoms with Gasteiger partial charge in [-0.15, -0.1) is 0 Å². The van der Waals surface area contributed by atoms with E-state index in [1.54, 1.807) is 13.0 Å². The van der Waals surface area contributed by atoms with Crippen LogP contribution < -0.4 is 4.72 Å². The smallest absolute Gasteiger partial charge is 0.210 e.